The van der Waals surface area contributed by atoms with Gasteiger partial charge in [-0.2, -0.15) is 4.37 Å². The minimum Gasteiger partial charge on any atom is -0.357 e. The van der Waals surface area contributed by atoms with E-state index in [1.165, 1.54) is 11.5 Å². The SMILES string of the molecule is CCNC(=NCc1cccc2cccnc12)N1CCN(c2nc(CC)ns2)CC1. The van der Waals surface area contributed by atoms with Gasteiger partial charge < -0.3 is 15.1 Å². The highest BCUT2D eigenvalue weighted by Gasteiger charge is 2.22. The first-order chi connectivity index (χ1) is 14.3. The smallest absolute Gasteiger partial charge is 0.205 e. The predicted octanol–water partition coefficient (Wildman–Crippen LogP) is 2.94. The summed E-state index contributed by atoms with van der Waals surface area (Å²) in [6, 6.07) is 10.4. The van der Waals surface area contributed by atoms with Crippen LogP contribution < -0.4 is 10.2 Å². The predicted molar refractivity (Wildman–Crippen MR) is 120 cm³/mol. The van der Waals surface area contributed by atoms with Gasteiger partial charge in [0.2, 0.25) is 5.13 Å². The summed E-state index contributed by atoms with van der Waals surface area (Å²) >= 11 is 1.50. The first-order valence-corrected chi connectivity index (χ1v) is 11.0. The van der Waals surface area contributed by atoms with Crippen molar-refractivity contribution >= 4 is 33.5 Å². The first kappa shape index (κ1) is 19.6. The zero-order valence-corrected chi connectivity index (χ0v) is 17.8. The van der Waals surface area contributed by atoms with Crippen LogP contribution in [0.1, 0.15) is 25.2 Å². The highest BCUT2D eigenvalue weighted by atomic mass is 32.1. The number of aromatic nitrogens is 3. The van der Waals surface area contributed by atoms with E-state index in [0.717, 1.165) is 72.5 Å². The summed E-state index contributed by atoms with van der Waals surface area (Å²) in [6.45, 7) is 9.36. The lowest BCUT2D eigenvalue weighted by Gasteiger charge is -2.36. The third kappa shape index (κ3) is 4.48. The van der Waals surface area contributed by atoms with E-state index in [-0.39, 0.29) is 0 Å². The van der Waals surface area contributed by atoms with Crippen LogP contribution in [-0.2, 0) is 13.0 Å². The maximum atomic E-state index is 4.92. The Morgan fingerprint density at radius 2 is 1.97 bits per heavy atom. The number of aryl methyl sites for hydroxylation is 1. The fourth-order valence-corrected chi connectivity index (χ4v) is 4.31. The van der Waals surface area contributed by atoms with E-state index < -0.39 is 0 Å². The number of para-hydroxylation sites is 1. The molecule has 1 fully saturated rings. The van der Waals surface area contributed by atoms with Crippen LogP contribution in [0.25, 0.3) is 10.9 Å². The third-order valence-corrected chi connectivity index (χ3v) is 5.89. The van der Waals surface area contributed by atoms with E-state index in [0.29, 0.717) is 6.54 Å². The minimum absolute atomic E-state index is 0.618. The van der Waals surface area contributed by atoms with Crippen molar-refractivity contribution in [3.8, 4) is 0 Å². The van der Waals surface area contributed by atoms with Gasteiger partial charge in [-0.3, -0.25) is 4.98 Å². The molecule has 0 unspecified atom stereocenters. The summed E-state index contributed by atoms with van der Waals surface area (Å²) in [5, 5.41) is 5.64. The summed E-state index contributed by atoms with van der Waals surface area (Å²) in [6.07, 6.45) is 2.73. The molecule has 8 heteroatoms. The Labute approximate surface area is 175 Å². The molecule has 152 valence electrons. The maximum Gasteiger partial charge on any atom is 0.205 e. The minimum atomic E-state index is 0.618. The van der Waals surface area contributed by atoms with E-state index in [2.05, 4.69) is 67.6 Å². The highest BCUT2D eigenvalue weighted by molar-refractivity contribution is 7.09. The van der Waals surface area contributed by atoms with Crippen LogP contribution in [0.3, 0.4) is 0 Å². The number of guanidine groups is 1. The summed E-state index contributed by atoms with van der Waals surface area (Å²) in [4.78, 5) is 18.8. The Morgan fingerprint density at radius 3 is 2.72 bits per heavy atom. The van der Waals surface area contributed by atoms with Gasteiger partial charge in [-0.25, -0.2) is 9.98 Å². The van der Waals surface area contributed by atoms with Gasteiger partial charge in [0.05, 0.1) is 12.1 Å². The van der Waals surface area contributed by atoms with Crippen molar-refractivity contribution in [3.63, 3.8) is 0 Å². The van der Waals surface area contributed by atoms with Crippen molar-refractivity contribution in [1.82, 2.24) is 24.6 Å². The van der Waals surface area contributed by atoms with Gasteiger partial charge in [0.15, 0.2) is 5.96 Å². The van der Waals surface area contributed by atoms with Crippen LogP contribution in [0.15, 0.2) is 41.5 Å². The molecular formula is C21H27N7S. The van der Waals surface area contributed by atoms with E-state index >= 15 is 0 Å². The zero-order valence-electron chi connectivity index (χ0n) is 17.0. The van der Waals surface area contributed by atoms with Gasteiger partial charge in [-0.1, -0.05) is 31.2 Å². The van der Waals surface area contributed by atoms with Crippen molar-refractivity contribution in [3.05, 3.63) is 47.9 Å². The summed E-state index contributed by atoms with van der Waals surface area (Å²) in [5.41, 5.74) is 2.18. The standard InChI is InChI=1S/C21H27N7S/c1-3-18-25-21(29-26-18)28-13-11-27(12-14-28)20(22-4-2)24-15-17-8-5-7-16-9-6-10-23-19(16)17/h5-10H,3-4,11-15H2,1-2H3,(H,22,24). The second-order valence-electron chi connectivity index (χ2n) is 6.98. The maximum absolute atomic E-state index is 4.92. The molecular weight excluding hydrogens is 382 g/mol. The normalized spacial score (nSPS) is 15.2. The van der Waals surface area contributed by atoms with Gasteiger partial charge in [0.1, 0.15) is 5.82 Å². The second kappa shape index (κ2) is 9.17. The molecule has 0 atom stereocenters. The molecule has 1 N–H and O–H groups in total. The summed E-state index contributed by atoms with van der Waals surface area (Å²) in [7, 11) is 0. The Balaban J connectivity index is 1.45. The van der Waals surface area contributed by atoms with E-state index in [1.54, 1.807) is 0 Å². The van der Waals surface area contributed by atoms with Crippen LogP contribution in [-0.4, -0.2) is 57.9 Å². The van der Waals surface area contributed by atoms with Gasteiger partial charge in [0, 0.05) is 62.3 Å². The fourth-order valence-electron chi connectivity index (χ4n) is 3.51. The van der Waals surface area contributed by atoms with Crippen molar-refractivity contribution in [2.45, 2.75) is 26.8 Å². The molecule has 1 aliphatic rings. The summed E-state index contributed by atoms with van der Waals surface area (Å²) < 4.78 is 4.41. The third-order valence-electron chi connectivity index (χ3n) is 5.07. The van der Waals surface area contributed by atoms with Gasteiger partial charge in [0.25, 0.3) is 0 Å². The molecule has 0 saturated carbocycles. The van der Waals surface area contributed by atoms with Crippen LogP contribution in [0, 0.1) is 0 Å². The molecule has 4 rings (SSSR count). The number of nitrogens with one attached hydrogen (secondary N) is 1. The van der Waals surface area contributed by atoms with Crippen LogP contribution in [0.4, 0.5) is 5.13 Å². The van der Waals surface area contributed by atoms with Crippen molar-refractivity contribution in [2.75, 3.05) is 37.6 Å². The Hall–Kier alpha value is -2.74. The van der Waals surface area contributed by atoms with Crippen LogP contribution in [0.2, 0.25) is 0 Å². The number of aliphatic imine (C=N–C) groups is 1. The van der Waals surface area contributed by atoms with Crippen LogP contribution >= 0.6 is 11.5 Å². The Morgan fingerprint density at radius 1 is 1.14 bits per heavy atom. The number of piperazine rings is 1. The molecule has 7 nitrogen and oxygen atoms in total. The Bertz CT molecular complexity index is 971. The average Bonchev–Trinajstić information content (AvgIpc) is 3.26. The summed E-state index contributed by atoms with van der Waals surface area (Å²) in [5.74, 6) is 1.90. The fraction of sp³-hybridized carbons (Fsp3) is 0.429. The number of hydrogen-bond acceptors (Lipinski definition) is 6. The lowest BCUT2D eigenvalue weighted by atomic mass is 10.1. The number of anilines is 1. The van der Waals surface area contributed by atoms with Gasteiger partial charge in [-0.05, 0) is 18.6 Å². The lowest BCUT2D eigenvalue weighted by molar-refractivity contribution is 0.372. The van der Waals surface area contributed by atoms with Crippen molar-refractivity contribution < 1.29 is 0 Å². The molecule has 1 aliphatic heterocycles. The van der Waals surface area contributed by atoms with Crippen molar-refractivity contribution in [2.24, 2.45) is 4.99 Å². The topological polar surface area (TPSA) is 69.5 Å². The Kier molecular flexibility index (Phi) is 6.19. The average molecular weight is 410 g/mol. The number of fused-ring (bicyclic) bond motifs is 1. The van der Waals surface area contributed by atoms with E-state index in [9.17, 15) is 0 Å². The number of rotatable bonds is 5. The van der Waals surface area contributed by atoms with Crippen LogP contribution in [0.5, 0.6) is 0 Å². The molecule has 3 aromatic rings. The van der Waals surface area contributed by atoms with Gasteiger partial charge >= 0.3 is 0 Å². The quantitative estimate of drug-likeness (QED) is 0.516. The second-order valence-corrected chi connectivity index (χ2v) is 7.71. The molecule has 0 aliphatic carbocycles. The molecule has 3 heterocycles. The number of hydrogen-bond donors (Lipinski definition) is 1. The highest BCUT2D eigenvalue weighted by Crippen LogP contribution is 2.20. The first-order valence-electron chi connectivity index (χ1n) is 10.2. The molecule has 0 bridgehead atoms. The van der Waals surface area contributed by atoms with E-state index in [1.807, 2.05) is 12.3 Å². The number of nitrogens with zero attached hydrogens (tertiary/aromatic N) is 6. The molecule has 0 amide bonds. The number of pyridine rings is 1. The largest absolute Gasteiger partial charge is 0.357 e. The monoisotopic (exact) mass is 409 g/mol. The molecule has 1 saturated heterocycles. The van der Waals surface area contributed by atoms with E-state index in [4.69, 9.17) is 4.99 Å². The molecule has 0 spiro atoms. The number of benzene rings is 1. The zero-order chi connectivity index (χ0) is 20.1. The van der Waals surface area contributed by atoms with Gasteiger partial charge in [-0.15, -0.1) is 0 Å². The molecule has 29 heavy (non-hydrogen) atoms. The van der Waals surface area contributed by atoms with Crippen molar-refractivity contribution in [1.29, 1.82) is 0 Å². The molecule has 1 aromatic carbocycles. The molecule has 0 radical (unpaired) electrons. The molecule has 2 aromatic heterocycles. The lowest BCUT2D eigenvalue weighted by Crippen LogP contribution is -2.52.